The summed E-state index contributed by atoms with van der Waals surface area (Å²) in [5, 5.41) is 2.77. The van der Waals surface area contributed by atoms with Gasteiger partial charge in [0.1, 0.15) is 11.6 Å². The second-order valence-electron chi connectivity index (χ2n) is 6.60. The molecule has 1 aliphatic rings. The molecule has 2 aromatic carbocycles. The van der Waals surface area contributed by atoms with E-state index in [1.54, 1.807) is 31.2 Å². The van der Waals surface area contributed by atoms with E-state index in [0.717, 1.165) is 0 Å². The predicted octanol–water partition coefficient (Wildman–Crippen LogP) is 2.90. The van der Waals surface area contributed by atoms with Gasteiger partial charge < -0.3 is 19.7 Å². The third-order valence-electron chi connectivity index (χ3n) is 4.37. The zero-order valence-electron chi connectivity index (χ0n) is 15.9. The Labute approximate surface area is 167 Å². The molecule has 1 N–H and O–H groups in total. The Morgan fingerprint density at radius 1 is 1.17 bits per heavy atom. The van der Waals surface area contributed by atoms with Crippen LogP contribution in [-0.2, 0) is 19.1 Å². The maximum atomic E-state index is 12.8. The number of amides is 2. The van der Waals surface area contributed by atoms with Crippen molar-refractivity contribution in [3.63, 3.8) is 0 Å². The molecule has 0 fully saturated rings. The molecule has 0 unspecified atom stereocenters. The Morgan fingerprint density at radius 3 is 2.66 bits per heavy atom. The van der Waals surface area contributed by atoms with Crippen LogP contribution in [0.3, 0.4) is 0 Å². The van der Waals surface area contributed by atoms with Crippen LogP contribution >= 0.6 is 0 Å². The van der Waals surface area contributed by atoms with E-state index in [-0.39, 0.29) is 37.2 Å². The van der Waals surface area contributed by atoms with E-state index in [1.165, 1.54) is 29.2 Å². The molecule has 1 aliphatic heterocycles. The van der Waals surface area contributed by atoms with Crippen molar-refractivity contribution < 1.29 is 28.2 Å². The molecule has 0 aliphatic carbocycles. The summed E-state index contributed by atoms with van der Waals surface area (Å²) in [6, 6.07) is 12.0. The predicted molar refractivity (Wildman–Crippen MR) is 104 cm³/mol. The molecule has 0 saturated carbocycles. The first-order valence-corrected chi connectivity index (χ1v) is 9.19. The Kier molecular flexibility index (Phi) is 6.43. The minimum absolute atomic E-state index is 0.0417. The summed E-state index contributed by atoms with van der Waals surface area (Å²) in [4.78, 5) is 38.1. The molecule has 152 valence electrons. The molecule has 1 atom stereocenters. The second-order valence-corrected chi connectivity index (χ2v) is 6.60. The first-order valence-electron chi connectivity index (χ1n) is 9.19. The number of ether oxygens (including phenoxy) is 2. The van der Waals surface area contributed by atoms with Gasteiger partial charge in [0, 0.05) is 12.5 Å². The zero-order chi connectivity index (χ0) is 20.8. The van der Waals surface area contributed by atoms with Crippen LogP contribution in [0.15, 0.2) is 48.5 Å². The van der Waals surface area contributed by atoms with Crippen molar-refractivity contribution in [3.05, 3.63) is 54.3 Å². The molecular formula is C21H21FN2O5. The van der Waals surface area contributed by atoms with Crippen LogP contribution in [0.25, 0.3) is 0 Å². The van der Waals surface area contributed by atoms with E-state index in [1.807, 2.05) is 0 Å². The molecule has 2 aromatic rings. The first kappa shape index (κ1) is 20.3. The number of carbonyl (C=O) groups is 3. The van der Waals surface area contributed by atoms with E-state index in [2.05, 4.69) is 5.32 Å². The van der Waals surface area contributed by atoms with E-state index < -0.39 is 18.5 Å². The summed E-state index contributed by atoms with van der Waals surface area (Å²) in [6.07, 6.45) is 0.0801. The average Bonchev–Trinajstić information content (AvgIpc) is 2.82. The molecule has 7 nitrogen and oxygen atoms in total. The van der Waals surface area contributed by atoms with E-state index in [4.69, 9.17) is 9.47 Å². The Hall–Kier alpha value is -3.42. The molecule has 1 heterocycles. The molecule has 8 heteroatoms. The summed E-state index contributed by atoms with van der Waals surface area (Å²) in [7, 11) is 0. The van der Waals surface area contributed by atoms with Gasteiger partial charge in [-0.15, -0.1) is 0 Å². The highest BCUT2D eigenvalue weighted by atomic mass is 19.1. The van der Waals surface area contributed by atoms with E-state index >= 15 is 0 Å². The quantitative estimate of drug-likeness (QED) is 0.754. The number of hydrogen-bond donors (Lipinski definition) is 1. The lowest BCUT2D eigenvalue weighted by Crippen LogP contribution is -2.41. The lowest BCUT2D eigenvalue weighted by Gasteiger charge is -2.27. The highest BCUT2D eigenvalue weighted by Crippen LogP contribution is 2.31. The summed E-state index contributed by atoms with van der Waals surface area (Å²) in [5.74, 6) is -1.14. The van der Waals surface area contributed by atoms with Crippen molar-refractivity contribution in [2.75, 3.05) is 23.4 Å². The Morgan fingerprint density at radius 2 is 1.90 bits per heavy atom. The van der Waals surface area contributed by atoms with Crippen molar-refractivity contribution >= 4 is 29.2 Å². The molecule has 2 amide bonds. The van der Waals surface area contributed by atoms with Crippen molar-refractivity contribution in [2.24, 2.45) is 0 Å². The average molecular weight is 400 g/mol. The lowest BCUT2D eigenvalue weighted by atomic mass is 10.1. The molecule has 0 spiro atoms. The molecule has 0 saturated heterocycles. The fourth-order valence-corrected chi connectivity index (χ4v) is 3.03. The van der Waals surface area contributed by atoms with Gasteiger partial charge in [0.15, 0.2) is 6.61 Å². The van der Waals surface area contributed by atoms with Crippen LogP contribution in [0.1, 0.15) is 19.8 Å². The highest BCUT2D eigenvalue weighted by molar-refractivity contribution is 6.05. The van der Waals surface area contributed by atoms with Gasteiger partial charge in [0.25, 0.3) is 5.91 Å². The number of para-hydroxylation sites is 2. The highest BCUT2D eigenvalue weighted by Gasteiger charge is 2.30. The summed E-state index contributed by atoms with van der Waals surface area (Å²) >= 11 is 0. The Bertz CT molecular complexity index is 900. The molecule has 3 rings (SSSR count). The summed E-state index contributed by atoms with van der Waals surface area (Å²) in [6.45, 7) is 1.36. The third kappa shape index (κ3) is 5.31. The van der Waals surface area contributed by atoms with Gasteiger partial charge in [-0.05, 0) is 43.3 Å². The maximum absolute atomic E-state index is 12.8. The smallest absolute Gasteiger partial charge is 0.309 e. The molecular weight excluding hydrogens is 379 g/mol. The minimum atomic E-state index is -0.592. The number of fused-ring (bicyclic) bond motifs is 1. The number of esters is 1. The van der Waals surface area contributed by atoms with Crippen LogP contribution in [0.2, 0.25) is 0 Å². The van der Waals surface area contributed by atoms with Gasteiger partial charge in [-0.2, -0.15) is 0 Å². The second kappa shape index (κ2) is 9.18. The van der Waals surface area contributed by atoms with Crippen molar-refractivity contribution in [1.29, 1.82) is 0 Å². The lowest BCUT2D eigenvalue weighted by molar-refractivity contribution is -0.148. The van der Waals surface area contributed by atoms with Gasteiger partial charge in [0.05, 0.1) is 24.4 Å². The van der Waals surface area contributed by atoms with Crippen molar-refractivity contribution in [2.45, 2.75) is 25.8 Å². The van der Waals surface area contributed by atoms with E-state index in [0.29, 0.717) is 17.1 Å². The number of anilines is 2. The van der Waals surface area contributed by atoms with Crippen molar-refractivity contribution in [1.82, 2.24) is 0 Å². The number of benzene rings is 2. The van der Waals surface area contributed by atoms with Gasteiger partial charge in [-0.1, -0.05) is 12.1 Å². The third-order valence-corrected chi connectivity index (χ3v) is 4.37. The molecule has 0 bridgehead atoms. The maximum Gasteiger partial charge on any atom is 0.309 e. The number of rotatable bonds is 6. The van der Waals surface area contributed by atoms with E-state index in [9.17, 15) is 18.8 Å². The summed E-state index contributed by atoms with van der Waals surface area (Å²) < 4.78 is 23.3. The van der Waals surface area contributed by atoms with Gasteiger partial charge >= 0.3 is 5.97 Å². The topological polar surface area (TPSA) is 84.9 Å². The van der Waals surface area contributed by atoms with Crippen LogP contribution < -0.4 is 15.0 Å². The van der Waals surface area contributed by atoms with Crippen LogP contribution in [0.4, 0.5) is 15.8 Å². The summed E-state index contributed by atoms with van der Waals surface area (Å²) in [5.41, 5.74) is 1.10. The van der Waals surface area contributed by atoms with Crippen LogP contribution in [-0.4, -0.2) is 37.0 Å². The van der Waals surface area contributed by atoms with Crippen molar-refractivity contribution in [3.8, 4) is 5.75 Å². The molecule has 0 aromatic heterocycles. The first-order chi connectivity index (χ1) is 13.9. The fourth-order valence-electron chi connectivity index (χ4n) is 3.03. The standard InChI is InChI=1S/C21H21FN2O5/c1-14-12-19(25)23-17-4-2-3-5-18(17)24(14)20(26)13-29-21(27)10-11-28-16-8-6-15(22)7-9-16/h2-9,14H,10-13H2,1H3,(H,23,25)/t14-/m1/s1. The van der Waals surface area contributed by atoms with Gasteiger partial charge in [0.2, 0.25) is 5.91 Å². The molecule has 29 heavy (non-hydrogen) atoms. The minimum Gasteiger partial charge on any atom is -0.493 e. The number of hydrogen-bond acceptors (Lipinski definition) is 5. The van der Waals surface area contributed by atoms with Gasteiger partial charge in [-0.25, -0.2) is 4.39 Å². The SMILES string of the molecule is C[C@@H]1CC(=O)Nc2ccccc2N1C(=O)COC(=O)CCOc1ccc(F)cc1. The normalized spacial score (nSPS) is 15.7. The van der Waals surface area contributed by atoms with Gasteiger partial charge in [-0.3, -0.25) is 14.4 Å². The molecule has 0 radical (unpaired) electrons. The number of halogens is 1. The number of carbonyl (C=O) groups excluding carboxylic acids is 3. The largest absolute Gasteiger partial charge is 0.493 e. The Balaban J connectivity index is 1.53. The zero-order valence-corrected chi connectivity index (χ0v) is 15.9. The number of nitrogens with one attached hydrogen (secondary N) is 1. The van der Waals surface area contributed by atoms with Crippen LogP contribution in [0.5, 0.6) is 5.75 Å². The van der Waals surface area contributed by atoms with Crippen LogP contribution in [0, 0.1) is 5.82 Å². The monoisotopic (exact) mass is 400 g/mol. The fraction of sp³-hybridized carbons (Fsp3) is 0.286. The number of nitrogens with zero attached hydrogens (tertiary/aromatic N) is 1.